The zero-order valence-corrected chi connectivity index (χ0v) is 7.45. The molecular weight excluding hydrogens is 239 g/mol. The van der Waals surface area contributed by atoms with Gasteiger partial charge in [0.05, 0.1) is 28.6 Å². The highest BCUT2D eigenvalue weighted by molar-refractivity contribution is 14.1. The van der Waals surface area contributed by atoms with E-state index in [1.165, 1.54) is 0 Å². The third-order valence-electron chi connectivity index (χ3n) is 1.21. The molecule has 1 aliphatic carbocycles. The van der Waals surface area contributed by atoms with E-state index < -0.39 is 0 Å². The molecule has 10 heavy (non-hydrogen) atoms. The van der Waals surface area contributed by atoms with E-state index in [1.54, 1.807) is 6.20 Å². The maximum absolute atomic E-state index is 5.34. The lowest BCUT2D eigenvalue weighted by atomic mass is 10.1. The van der Waals surface area contributed by atoms with Crippen molar-refractivity contribution in [2.45, 2.75) is 0 Å². The van der Waals surface area contributed by atoms with Crippen LogP contribution in [-0.4, -0.2) is 5.71 Å². The van der Waals surface area contributed by atoms with Crippen molar-refractivity contribution in [3.63, 3.8) is 0 Å². The van der Waals surface area contributed by atoms with E-state index in [1.807, 2.05) is 47.2 Å². The topological polar surface area (TPSA) is 38.4 Å². The van der Waals surface area contributed by atoms with E-state index in [4.69, 9.17) is 5.73 Å². The molecule has 0 atom stereocenters. The van der Waals surface area contributed by atoms with Gasteiger partial charge in [0, 0.05) is 11.8 Å². The van der Waals surface area contributed by atoms with Crippen LogP contribution in [0.5, 0.6) is 0 Å². The number of allylic oxidation sites excluding steroid dienone is 5. The number of nitrogens with zero attached hydrogens (tertiary/aromatic N) is 1. The Morgan fingerprint density at radius 3 is 2.60 bits per heavy atom. The number of rotatable bonds is 0. The fraction of sp³-hybridized carbons (Fsp3) is 0. The molecule has 1 aliphatic rings. The minimum absolute atomic E-state index is 0.922. The zero-order chi connectivity index (χ0) is 7.40. The molecule has 0 heterocycles. The molecule has 2 N–H and O–H groups in total. The van der Waals surface area contributed by atoms with Crippen molar-refractivity contribution < 1.29 is 0 Å². The maximum Gasteiger partial charge on any atom is 0.0838 e. The molecule has 0 unspecified atom stereocenters. The van der Waals surface area contributed by atoms with Crippen LogP contribution in [0.4, 0.5) is 0 Å². The van der Waals surface area contributed by atoms with Gasteiger partial charge < -0.3 is 5.73 Å². The SMILES string of the molecule is N/C=C1/C=CC=C/C1=N/I. The first kappa shape index (κ1) is 7.53. The minimum atomic E-state index is 0.922. The van der Waals surface area contributed by atoms with Crippen LogP contribution in [0, 0.1) is 0 Å². The minimum Gasteiger partial charge on any atom is -0.404 e. The van der Waals surface area contributed by atoms with Gasteiger partial charge in [-0.2, -0.15) is 0 Å². The summed E-state index contributed by atoms with van der Waals surface area (Å²) in [6.07, 6.45) is 9.27. The summed E-state index contributed by atoms with van der Waals surface area (Å²) < 4.78 is 4.00. The molecule has 0 aromatic heterocycles. The second kappa shape index (κ2) is 3.55. The van der Waals surface area contributed by atoms with Gasteiger partial charge >= 0.3 is 0 Å². The van der Waals surface area contributed by atoms with Crippen LogP contribution in [0.3, 0.4) is 0 Å². The molecular formula is C7H7IN2. The van der Waals surface area contributed by atoms with Gasteiger partial charge in [-0.05, 0) is 6.08 Å². The second-order valence-corrected chi connectivity index (χ2v) is 2.29. The quantitative estimate of drug-likeness (QED) is 0.649. The summed E-state index contributed by atoms with van der Waals surface area (Å²) >= 11 is 1.95. The predicted octanol–water partition coefficient (Wildman–Crippen LogP) is 1.75. The van der Waals surface area contributed by atoms with Gasteiger partial charge in [-0.15, -0.1) is 0 Å². The van der Waals surface area contributed by atoms with Crippen molar-refractivity contribution in [3.05, 3.63) is 36.1 Å². The molecule has 0 aliphatic heterocycles. The molecule has 0 fully saturated rings. The van der Waals surface area contributed by atoms with E-state index >= 15 is 0 Å². The average Bonchev–Trinajstić information content (AvgIpc) is 2.04. The van der Waals surface area contributed by atoms with Crippen molar-refractivity contribution in [3.8, 4) is 0 Å². The summed E-state index contributed by atoms with van der Waals surface area (Å²) in [5.41, 5.74) is 7.23. The third-order valence-corrected chi connectivity index (χ3v) is 1.73. The van der Waals surface area contributed by atoms with Crippen molar-refractivity contribution >= 4 is 28.6 Å². The third kappa shape index (κ3) is 1.47. The highest BCUT2D eigenvalue weighted by atomic mass is 127. The highest BCUT2D eigenvalue weighted by Gasteiger charge is 2.00. The lowest BCUT2D eigenvalue weighted by Gasteiger charge is -2.01. The fourth-order valence-corrected chi connectivity index (χ4v) is 1.14. The average molecular weight is 246 g/mol. The van der Waals surface area contributed by atoms with Crippen LogP contribution in [-0.2, 0) is 0 Å². The van der Waals surface area contributed by atoms with Gasteiger partial charge in [0.15, 0.2) is 0 Å². The molecule has 0 saturated heterocycles. The van der Waals surface area contributed by atoms with Crippen LogP contribution >= 0.6 is 22.9 Å². The van der Waals surface area contributed by atoms with Gasteiger partial charge in [0.25, 0.3) is 0 Å². The zero-order valence-electron chi connectivity index (χ0n) is 5.29. The Bertz CT molecular complexity index is 210. The second-order valence-electron chi connectivity index (χ2n) is 1.81. The summed E-state index contributed by atoms with van der Waals surface area (Å²) in [7, 11) is 0. The van der Waals surface area contributed by atoms with Crippen LogP contribution in [0.15, 0.2) is 39.3 Å². The van der Waals surface area contributed by atoms with Crippen LogP contribution in [0.2, 0.25) is 0 Å². The van der Waals surface area contributed by atoms with Gasteiger partial charge in [-0.25, -0.2) is 3.21 Å². The van der Waals surface area contributed by atoms with Crippen LogP contribution in [0.1, 0.15) is 0 Å². The van der Waals surface area contributed by atoms with Crippen LogP contribution < -0.4 is 5.73 Å². The van der Waals surface area contributed by atoms with Gasteiger partial charge in [-0.3, -0.25) is 0 Å². The molecule has 52 valence electrons. The Morgan fingerprint density at radius 2 is 2.10 bits per heavy atom. The molecule has 2 nitrogen and oxygen atoms in total. The first-order valence-corrected chi connectivity index (χ1v) is 3.81. The summed E-state index contributed by atoms with van der Waals surface area (Å²) in [5, 5.41) is 0. The van der Waals surface area contributed by atoms with Crippen molar-refractivity contribution in [2.75, 3.05) is 0 Å². The van der Waals surface area contributed by atoms with E-state index in [2.05, 4.69) is 3.21 Å². The molecule has 0 bridgehead atoms. The monoisotopic (exact) mass is 246 g/mol. The largest absolute Gasteiger partial charge is 0.404 e. The summed E-state index contributed by atoms with van der Waals surface area (Å²) in [5.74, 6) is 0. The molecule has 0 amide bonds. The first-order valence-electron chi connectivity index (χ1n) is 2.84. The number of hydrogen-bond donors (Lipinski definition) is 1. The molecule has 0 aromatic rings. The van der Waals surface area contributed by atoms with Gasteiger partial charge in [0.1, 0.15) is 0 Å². The normalized spacial score (nSPS) is 24.5. The van der Waals surface area contributed by atoms with Crippen molar-refractivity contribution in [2.24, 2.45) is 8.94 Å². The molecule has 0 aromatic carbocycles. The Balaban J connectivity index is 2.96. The maximum atomic E-state index is 5.34. The molecule has 0 radical (unpaired) electrons. The van der Waals surface area contributed by atoms with Gasteiger partial charge in [-0.1, -0.05) is 18.2 Å². The standard InChI is InChI=1S/C7H7IN2/c8-10-7-4-2-1-3-6(7)5-9/h1-5H,9H2/b6-5-,10-7-. The molecule has 0 spiro atoms. The van der Waals surface area contributed by atoms with E-state index in [0.29, 0.717) is 0 Å². The number of hydrogen-bond acceptors (Lipinski definition) is 2. The Morgan fingerprint density at radius 1 is 1.40 bits per heavy atom. The first-order chi connectivity index (χ1) is 4.88. The summed E-state index contributed by atoms with van der Waals surface area (Å²) in [6.45, 7) is 0. The van der Waals surface area contributed by atoms with E-state index in [9.17, 15) is 0 Å². The Labute approximate surface area is 73.7 Å². The molecule has 3 heteroatoms. The van der Waals surface area contributed by atoms with Crippen molar-refractivity contribution in [1.29, 1.82) is 0 Å². The van der Waals surface area contributed by atoms with Crippen LogP contribution in [0.25, 0.3) is 0 Å². The van der Waals surface area contributed by atoms with Gasteiger partial charge in [0.2, 0.25) is 0 Å². The highest BCUT2D eigenvalue weighted by Crippen LogP contribution is 2.08. The van der Waals surface area contributed by atoms with E-state index in [-0.39, 0.29) is 0 Å². The Kier molecular flexibility index (Phi) is 2.68. The number of nitrogens with two attached hydrogens (primary N) is 1. The number of halogens is 1. The Hall–Kier alpha value is -0.580. The lowest BCUT2D eigenvalue weighted by molar-refractivity contribution is 1.54. The summed E-state index contributed by atoms with van der Waals surface area (Å²) in [6, 6.07) is 0. The summed E-state index contributed by atoms with van der Waals surface area (Å²) in [4.78, 5) is 0. The molecule has 1 rings (SSSR count). The lowest BCUT2D eigenvalue weighted by Crippen LogP contribution is -2.00. The fourth-order valence-electron chi connectivity index (χ4n) is 0.705. The van der Waals surface area contributed by atoms with E-state index in [0.717, 1.165) is 11.3 Å². The predicted molar refractivity (Wildman–Crippen MR) is 52.0 cm³/mol. The van der Waals surface area contributed by atoms with Crippen molar-refractivity contribution in [1.82, 2.24) is 0 Å². The molecule has 0 saturated carbocycles. The smallest absolute Gasteiger partial charge is 0.0838 e.